The summed E-state index contributed by atoms with van der Waals surface area (Å²) in [5.74, 6) is 0.0124. The Morgan fingerprint density at radius 1 is 1.21 bits per heavy atom. The number of benzene rings is 1. The van der Waals surface area contributed by atoms with Gasteiger partial charge in [-0.15, -0.1) is 0 Å². The summed E-state index contributed by atoms with van der Waals surface area (Å²) in [5, 5.41) is 3.06. The van der Waals surface area contributed by atoms with Gasteiger partial charge in [0.15, 0.2) is 0 Å². The van der Waals surface area contributed by atoms with E-state index in [1.54, 1.807) is 0 Å². The molecule has 0 aromatic heterocycles. The van der Waals surface area contributed by atoms with E-state index < -0.39 is 0 Å². The molecule has 0 radical (unpaired) electrons. The minimum atomic E-state index is 0.0124. The Kier molecular flexibility index (Phi) is 4.59. The van der Waals surface area contributed by atoms with Crippen molar-refractivity contribution in [3.8, 4) is 0 Å². The summed E-state index contributed by atoms with van der Waals surface area (Å²) in [5.41, 5.74) is 7.95. The molecular weight excluding hydrogens is 236 g/mol. The first kappa shape index (κ1) is 14.1. The monoisotopic (exact) mass is 260 g/mol. The number of amides is 1. The van der Waals surface area contributed by atoms with E-state index in [9.17, 15) is 4.79 Å². The van der Waals surface area contributed by atoms with E-state index in [-0.39, 0.29) is 11.3 Å². The molecule has 0 atom stereocenters. The molecule has 1 aliphatic rings. The molecule has 3 N–H and O–H groups in total. The van der Waals surface area contributed by atoms with Crippen LogP contribution >= 0.6 is 0 Å². The lowest BCUT2D eigenvalue weighted by Crippen LogP contribution is -2.43. The lowest BCUT2D eigenvalue weighted by atomic mass is 9.74. The maximum Gasteiger partial charge on any atom is 0.251 e. The predicted molar refractivity (Wildman–Crippen MR) is 78.1 cm³/mol. The highest BCUT2D eigenvalue weighted by Crippen LogP contribution is 2.34. The van der Waals surface area contributed by atoms with Crippen LogP contribution in [-0.2, 0) is 0 Å². The molecule has 0 bridgehead atoms. The van der Waals surface area contributed by atoms with E-state index >= 15 is 0 Å². The maximum atomic E-state index is 12.1. The molecule has 0 unspecified atom stereocenters. The second-order valence-electron chi connectivity index (χ2n) is 5.81. The summed E-state index contributed by atoms with van der Waals surface area (Å²) in [6.45, 7) is 3.39. The normalized spacial score (nSPS) is 18.0. The molecule has 1 fully saturated rings. The van der Waals surface area contributed by atoms with E-state index in [1.165, 1.54) is 24.8 Å². The molecule has 0 spiro atoms. The van der Waals surface area contributed by atoms with Crippen molar-refractivity contribution < 1.29 is 4.79 Å². The molecule has 1 aromatic rings. The van der Waals surface area contributed by atoms with Gasteiger partial charge in [0, 0.05) is 12.1 Å². The fourth-order valence-corrected chi connectivity index (χ4v) is 2.83. The zero-order chi connectivity index (χ0) is 13.7. The van der Waals surface area contributed by atoms with Crippen molar-refractivity contribution in [2.24, 2.45) is 11.1 Å². The van der Waals surface area contributed by atoms with Crippen LogP contribution in [0.1, 0.15) is 48.0 Å². The minimum absolute atomic E-state index is 0.0124. The molecule has 1 amide bonds. The van der Waals surface area contributed by atoms with Crippen LogP contribution in [0.2, 0.25) is 0 Å². The van der Waals surface area contributed by atoms with Gasteiger partial charge >= 0.3 is 0 Å². The highest BCUT2D eigenvalue weighted by atomic mass is 16.1. The van der Waals surface area contributed by atoms with Gasteiger partial charge in [0.2, 0.25) is 0 Å². The Hall–Kier alpha value is -1.35. The lowest BCUT2D eigenvalue weighted by Gasteiger charge is -2.36. The number of rotatable bonds is 4. The number of carbonyl (C=O) groups is 1. The van der Waals surface area contributed by atoms with Gasteiger partial charge in [-0.2, -0.15) is 0 Å². The van der Waals surface area contributed by atoms with E-state index in [0.29, 0.717) is 13.1 Å². The number of aryl methyl sites for hydroxylation is 1. The summed E-state index contributed by atoms with van der Waals surface area (Å²) in [4.78, 5) is 12.1. The largest absolute Gasteiger partial charge is 0.351 e. The van der Waals surface area contributed by atoms with Crippen molar-refractivity contribution in [3.05, 3.63) is 35.4 Å². The molecule has 19 heavy (non-hydrogen) atoms. The Morgan fingerprint density at radius 2 is 1.84 bits per heavy atom. The molecule has 1 aliphatic carbocycles. The summed E-state index contributed by atoms with van der Waals surface area (Å²) < 4.78 is 0. The van der Waals surface area contributed by atoms with Gasteiger partial charge in [0.05, 0.1) is 0 Å². The number of nitrogens with two attached hydrogens (primary N) is 1. The van der Waals surface area contributed by atoms with Crippen molar-refractivity contribution >= 4 is 5.91 Å². The highest BCUT2D eigenvalue weighted by molar-refractivity contribution is 5.94. The molecule has 3 nitrogen and oxygen atoms in total. The number of carbonyl (C=O) groups excluding carboxylic acids is 1. The van der Waals surface area contributed by atoms with Crippen molar-refractivity contribution in [2.75, 3.05) is 13.1 Å². The molecule has 0 heterocycles. The summed E-state index contributed by atoms with van der Waals surface area (Å²) in [6, 6.07) is 7.68. The third-order valence-electron chi connectivity index (χ3n) is 4.28. The third kappa shape index (κ3) is 3.57. The summed E-state index contributed by atoms with van der Waals surface area (Å²) in [7, 11) is 0. The third-order valence-corrected chi connectivity index (χ3v) is 4.28. The average Bonchev–Trinajstić information content (AvgIpc) is 2.46. The van der Waals surface area contributed by atoms with Crippen LogP contribution in [0.4, 0.5) is 0 Å². The Morgan fingerprint density at radius 3 is 2.42 bits per heavy atom. The van der Waals surface area contributed by atoms with Crippen LogP contribution in [0.5, 0.6) is 0 Å². The lowest BCUT2D eigenvalue weighted by molar-refractivity contribution is 0.0914. The first-order valence-corrected chi connectivity index (χ1v) is 7.20. The summed E-state index contributed by atoms with van der Waals surface area (Å²) >= 11 is 0. The second kappa shape index (κ2) is 6.20. The van der Waals surface area contributed by atoms with E-state index in [0.717, 1.165) is 18.4 Å². The molecule has 2 rings (SSSR count). The standard InChI is InChI=1S/C16H24N2O/c1-13-5-7-14(8-6-13)15(19)18-12-16(11-17)9-3-2-4-10-16/h5-8H,2-4,9-12,17H2,1H3,(H,18,19). The fraction of sp³-hybridized carbons (Fsp3) is 0.562. The highest BCUT2D eigenvalue weighted by Gasteiger charge is 2.30. The quantitative estimate of drug-likeness (QED) is 0.874. The van der Waals surface area contributed by atoms with Gasteiger partial charge in [-0.3, -0.25) is 4.79 Å². The van der Waals surface area contributed by atoms with Crippen molar-refractivity contribution in [1.82, 2.24) is 5.32 Å². The molecule has 1 aromatic carbocycles. The first-order chi connectivity index (χ1) is 9.15. The van der Waals surface area contributed by atoms with Gasteiger partial charge in [0.25, 0.3) is 5.91 Å². The number of hydrogen-bond acceptors (Lipinski definition) is 2. The SMILES string of the molecule is Cc1ccc(C(=O)NCC2(CN)CCCCC2)cc1. The smallest absolute Gasteiger partial charge is 0.251 e. The van der Waals surface area contributed by atoms with Crippen LogP contribution in [0.15, 0.2) is 24.3 Å². The Balaban J connectivity index is 1.93. The van der Waals surface area contributed by atoms with Crippen LogP contribution in [0.25, 0.3) is 0 Å². The van der Waals surface area contributed by atoms with Gasteiger partial charge in [-0.05, 0) is 43.9 Å². The molecule has 3 heteroatoms. The fourth-order valence-electron chi connectivity index (χ4n) is 2.83. The summed E-state index contributed by atoms with van der Waals surface area (Å²) in [6.07, 6.45) is 6.04. The van der Waals surface area contributed by atoms with Crippen molar-refractivity contribution in [3.63, 3.8) is 0 Å². The topological polar surface area (TPSA) is 55.1 Å². The zero-order valence-electron chi connectivity index (χ0n) is 11.7. The second-order valence-corrected chi connectivity index (χ2v) is 5.81. The van der Waals surface area contributed by atoms with Crippen molar-refractivity contribution in [2.45, 2.75) is 39.0 Å². The molecule has 0 aliphatic heterocycles. The van der Waals surface area contributed by atoms with Crippen LogP contribution in [0, 0.1) is 12.3 Å². The van der Waals surface area contributed by atoms with Gasteiger partial charge in [-0.25, -0.2) is 0 Å². The van der Waals surface area contributed by atoms with Crippen LogP contribution in [0.3, 0.4) is 0 Å². The van der Waals surface area contributed by atoms with E-state index in [4.69, 9.17) is 5.73 Å². The number of nitrogens with one attached hydrogen (secondary N) is 1. The first-order valence-electron chi connectivity index (χ1n) is 7.20. The van der Waals surface area contributed by atoms with Crippen molar-refractivity contribution in [1.29, 1.82) is 0 Å². The number of hydrogen-bond donors (Lipinski definition) is 2. The molecule has 1 saturated carbocycles. The molecule has 0 saturated heterocycles. The maximum absolute atomic E-state index is 12.1. The predicted octanol–water partition coefficient (Wildman–Crippen LogP) is 2.63. The zero-order valence-corrected chi connectivity index (χ0v) is 11.7. The van der Waals surface area contributed by atoms with E-state index in [2.05, 4.69) is 5.32 Å². The van der Waals surface area contributed by atoms with Gasteiger partial charge in [0.1, 0.15) is 0 Å². The average molecular weight is 260 g/mol. The minimum Gasteiger partial charge on any atom is -0.351 e. The van der Waals surface area contributed by atoms with E-state index in [1.807, 2.05) is 31.2 Å². The molecule has 104 valence electrons. The van der Waals surface area contributed by atoms with Gasteiger partial charge < -0.3 is 11.1 Å². The van der Waals surface area contributed by atoms with Crippen LogP contribution in [-0.4, -0.2) is 19.0 Å². The van der Waals surface area contributed by atoms with Gasteiger partial charge in [-0.1, -0.05) is 37.0 Å². The van der Waals surface area contributed by atoms with Crippen LogP contribution < -0.4 is 11.1 Å². The Bertz CT molecular complexity index is 419. The molecular formula is C16H24N2O. The Labute approximate surface area is 115 Å².